The normalized spacial score (nSPS) is 14.2. The number of carbonyl (C=O) groups is 1. The molecule has 0 aromatic carbocycles. The second kappa shape index (κ2) is 5.37. The van der Waals surface area contributed by atoms with Crippen LogP contribution in [0.4, 0.5) is 10.9 Å². The van der Waals surface area contributed by atoms with Gasteiger partial charge in [-0.15, -0.1) is 11.3 Å². The first-order chi connectivity index (χ1) is 9.61. The maximum absolute atomic E-state index is 12.1. The van der Waals surface area contributed by atoms with E-state index >= 15 is 0 Å². The van der Waals surface area contributed by atoms with Crippen LogP contribution in [0.2, 0.25) is 0 Å². The molecule has 106 valence electrons. The van der Waals surface area contributed by atoms with Crippen molar-refractivity contribution < 1.29 is 4.79 Å². The zero-order valence-corrected chi connectivity index (χ0v) is 12.6. The average molecular weight is 309 g/mol. The molecule has 0 bridgehead atoms. The lowest BCUT2D eigenvalue weighted by atomic mass is 10.4. The van der Waals surface area contributed by atoms with Crippen molar-refractivity contribution in [3.63, 3.8) is 0 Å². The van der Waals surface area contributed by atoms with Gasteiger partial charge in [-0.2, -0.15) is 0 Å². The van der Waals surface area contributed by atoms with Gasteiger partial charge < -0.3 is 16.4 Å². The number of nitrogens with two attached hydrogens (primary N) is 1. The number of nitrogens with one attached hydrogen (secondary N) is 2. The van der Waals surface area contributed by atoms with Crippen molar-refractivity contribution in [1.82, 2.24) is 15.3 Å². The van der Waals surface area contributed by atoms with Gasteiger partial charge in [0, 0.05) is 11.4 Å². The predicted octanol–water partition coefficient (Wildman–Crippen LogP) is 1.99. The molecule has 0 radical (unpaired) electrons. The Labute approximate surface area is 124 Å². The van der Waals surface area contributed by atoms with Gasteiger partial charge in [0.05, 0.1) is 17.2 Å². The Balaban J connectivity index is 1.62. The van der Waals surface area contributed by atoms with Crippen LogP contribution >= 0.6 is 22.7 Å². The monoisotopic (exact) mass is 309 g/mol. The number of anilines is 2. The van der Waals surface area contributed by atoms with E-state index in [1.807, 2.05) is 12.3 Å². The van der Waals surface area contributed by atoms with Gasteiger partial charge >= 0.3 is 0 Å². The SMILES string of the molecule is Cc1nc(CNC(=O)c2sc(NC3CC3)nc2N)cs1. The van der Waals surface area contributed by atoms with E-state index in [0.717, 1.165) is 28.7 Å². The molecule has 1 saturated carbocycles. The number of amides is 1. The second-order valence-electron chi connectivity index (χ2n) is 4.69. The third kappa shape index (κ3) is 3.07. The molecule has 1 amide bonds. The van der Waals surface area contributed by atoms with Gasteiger partial charge in [-0.05, 0) is 19.8 Å². The predicted molar refractivity (Wildman–Crippen MR) is 81.2 cm³/mol. The summed E-state index contributed by atoms with van der Waals surface area (Å²) in [7, 11) is 0. The second-order valence-corrected chi connectivity index (χ2v) is 6.75. The summed E-state index contributed by atoms with van der Waals surface area (Å²) in [5, 5.41) is 9.71. The van der Waals surface area contributed by atoms with Gasteiger partial charge in [0.1, 0.15) is 10.7 Å². The number of nitrogens with zero attached hydrogens (tertiary/aromatic N) is 2. The number of thiazole rings is 2. The number of hydrogen-bond acceptors (Lipinski definition) is 7. The zero-order valence-electron chi connectivity index (χ0n) is 11.0. The lowest BCUT2D eigenvalue weighted by molar-refractivity contribution is 0.0955. The molecule has 3 rings (SSSR count). The summed E-state index contributed by atoms with van der Waals surface area (Å²) in [5.74, 6) is 0.0830. The first-order valence-corrected chi connectivity index (χ1v) is 8.03. The molecule has 6 nitrogen and oxygen atoms in total. The first kappa shape index (κ1) is 13.3. The third-order valence-corrected chi connectivity index (χ3v) is 4.68. The van der Waals surface area contributed by atoms with E-state index in [1.165, 1.54) is 11.3 Å². The fourth-order valence-electron chi connectivity index (χ4n) is 1.70. The van der Waals surface area contributed by atoms with Crippen molar-refractivity contribution in [3.05, 3.63) is 21.0 Å². The van der Waals surface area contributed by atoms with Crippen LogP contribution in [0.3, 0.4) is 0 Å². The molecule has 1 aliphatic carbocycles. The van der Waals surface area contributed by atoms with Crippen molar-refractivity contribution in [1.29, 1.82) is 0 Å². The van der Waals surface area contributed by atoms with Gasteiger partial charge in [0.2, 0.25) is 0 Å². The Morgan fingerprint density at radius 1 is 1.50 bits per heavy atom. The highest BCUT2D eigenvalue weighted by atomic mass is 32.1. The molecule has 0 saturated heterocycles. The average Bonchev–Trinajstić information content (AvgIpc) is 3.00. The van der Waals surface area contributed by atoms with Crippen LogP contribution < -0.4 is 16.4 Å². The largest absolute Gasteiger partial charge is 0.382 e. The van der Waals surface area contributed by atoms with Crippen LogP contribution in [0.1, 0.15) is 33.2 Å². The molecule has 0 aliphatic heterocycles. The Kier molecular flexibility index (Phi) is 3.58. The number of aromatic nitrogens is 2. The van der Waals surface area contributed by atoms with Crippen molar-refractivity contribution in [3.8, 4) is 0 Å². The maximum Gasteiger partial charge on any atom is 0.265 e. The summed E-state index contributed by atoms with van der Waals surface area (Å²) in [4.78, 5) is 21.0. The number of hydrogen-bond donors (Lipinski definition) is 3. The molecule has 0 atom stereocenters. The van der Waals surface area contributed by atoms with Crippen LogP contribution in [-0.4, -0.2) is 21.9 Å². The molecular weight excluding hydrogens is 294 g/mol. The number of nitrogen functional groups attached to an aromatic ring is 1. The summed E-state index contributed by atoms with van der Waals surface area (Å²) in [5.41, 5.74) is 6.66. The van der Waals surface area contributed by atoms with E-state index < -0.39 is 0 Å². The minimum atomic E-state index is -0.200. The maximum atomic E-state index is 12.1. The summed E-state index contributed by atoms with van der Waals surface area (Å²) >= 11 is 2.87. The summed E-state index contributed by atoms with van der Waals surface area (Å²) < 4.78 is 0. The molecular formula is C12H15N5OS2. The topological polar surface area (TPSA) is 92.9 Å². The standard InChI is InChI=1S/C12H15N5OS2/c1-6-15-8(5-19-6)4-14-11(18)9-10(13)17-12(20-9)16-7-2-3-7/h5,7H,2-4,13H2,1H3,(H,14,18)(H,16,17). The van der Waals surface area contributed by atoms with E-state index in [4.69, 9.17) is 5.73 Å². The first-order valence-electron chi connectivity index (χ1n) is 6.34. The van der Waals surface area contributed by atoms with E-state index in [0.29, 0.717) is 17.5 Å². The van der Waals surface area contributed by atoms with Crippen LogP contribution in [0.5, 0.6) is 0 Å². The van der Waals surface area contributed by atoms with Crippen LogP contribution in [0, 0.1) is 6.92 Å². The molecule has 1 aliphatic rings. The Hall–Kier alpha value is -1.67. The van der Waals surface area contributed by atoms with E-state index in [1.54, 1.807) is 11.3 Å². The summed E-state index contributed by atoms with van der Waals surface area (Å²) in [6.45, 7) is 2.35. The van der Waals surface area contributed by atoms with Crippen LogP contribution in [0.15, 0.2) is 5.38 Å². The molecule has 4 N–H and O–H groups in total. The van der Waals surface area contributed by atoms with Crippen molar-refractivity contribution in [2.75, 3.05) is 11.1 Å². The summed E-state index contributed by atoms with van der Waals surface area (Å²) in [6.07, 6.45) is 2.31. The molecule has 0 unspecified atom stereocenters. The molecule has 0 spiro atoms. The van der Waals surface area contributed by atoms with E-state index in [-0.39, 0.29) is 11.7 Å². The molecule has 2 heterocycles. The van der Waals surface area contributed by atoms with Crippen LogP contribution in [-0.2, 0) is 6.54 Å². The van der Waals surface area contributed by atoms with Crippen LogP contribution in [0.25, 0.3) is 0 Å². The lowest BCUT2D eigenvalue weighted by Gasteiger charge is -2.01. The highest BCUT2D eigenvalue weighted by molar-refractivity contribution is 7.18. The summed E-state index contributed by atoms with van der Waals surface area (Å²) in [6, 6.07) is 0.495. The molecule has 20 heavy (non-hydrogen) atoms. The van der Waals surface area contributed by atoms with Gasteiger partial charge in [-0.25, -0.2) is 9.97 Å². The van der Waals surface area contributed by atoms with E-state index in [2.05, 4.69) is 20.6 Å². The zero-order chi connectivity index (χ0) is 14.1. The highest BCUT2D eigenvalue weighted by Gasteiger charge is 2.24. The number of rotatable bonds is 5. The number of aryl methyl sites for hydroxylation is 1. The van der Waals surface area contributed by atoms with Crippen molar-refractivity contribution >= 4 is 39.5 Å². The fraction of sp³-hybridized carbons (Fsp3) is 0.417. The molecule has 2 aromatic rings. The quantitative estimate of drug-likeness (QED) is 0.785. The van der Waals surface area contributed by atoms with Gasteiger partial charge in [0.15, 0.2) is 5.13 Å². The minimum absolute atomic E-state index is 0.200. The molecule has 2 aromatic heterocycles. The lowest BCUT2D eigenvalue weighted by Crippen LogP contribution is -2.22. The molecule has 8 heteroatoms. The van der Waals surface area contributed by atoms with Crippen molar-refractivity contribution in [2.45, 2.75) is 32.4 Å². The number of carbonyl (C=O) groups excluding carboxylic acids is 1. The highest BCUT2D eigenvalue weighted by Crippen LogP contribution is 2.30. The van der Waals surface area contributed by atoms with Crippen molar-refractivity contribution in [2.24, 2.45) is 0 Å². The fourth-order valence-corrected chi connectivity index (χ4v) is 3.19. The minimum Gasteiger partial charge on any atom is -0.382 e. The Bertz CT molecular complexity index is 632. The van der Waals surface area contributed by atoms with Gasteiger partial charge in [-0.3, -0.25) is 4.79 Å². The smallest absolute Gasteiger partial charge is 0.265 e. The Morgan fingerprint density at radius 3 is 2.95 bits per heavy atom. The third-order valence-electron chi connectivity index (χ3n) is 2.86. The van der Waals surface area contributed by atoms with Gasteiger partial charge in [0.25, 0.3) is 5.91 Å². The van der Waals surface area contributed by atoms with Gasteiger partial charge in [-0.1, -0.05) is 11.3 Å². The molecule has 1 fully saturated rings. The Morgan fingerprint density at radius 2 is 2.30 bits per heavy atom. The van der Waals surface area contributed by atoms with E-state index in [9.17, 15) is 4.79 Å².